The van der Waals surface area contributed by atoms with Gasteiger partial charge in [-0.2, -0.15) is 0 Å². The van der Waals surface area contributed by atoms with Crippen LogP contribution in [0.4, 0.5) is 5.69 Å². The molecule has 0 aromatic heterocycles. The summed E-state index contributed by atoms with van der Waals surface area (Å²) in [5, 5.41) is 5.33. The van der Waals surface area contributed by atoms with Gasteiger partial charge in [0.25, 0.3) is 0 Å². The molecule has 0 saturated carbocycles. The molecule has 0 radical (unpaired) electrons. The van der Waals surface area contributed by atoms with Crippen LogP contribution in [0.2, 0.25) is 0 Å². The summed E-state index contributed by atoms with van der Waals surface area (Å²) in [7, 11) is 0. The smallest absolute Gasteiger partial charge is 0.243 e. The molecule has 0 aliphatic heterocycles. The third-order valence-electron chi connectivity index (χ3n) is 3.15. The number of halogens is 1. The van der Waals surface area contributed by atoms with Gasteiger partial charge < -0.3 is 15.4 Å². The van der Waals surface area contributed by atoms with Crippen LogP contribution in [-0.2, 0) is 16.0 Å². The van der Waals surface area contributed by atoms with Gasteiger partial charge in [-0.05, 0) is 48.9 Å². The van der Waals surface area contributed by atoms with E-state index in [1.54, 1.807) is 24.3 Å². The van der Waals surface area contributed by atoms with E-state index in [1.807, 2.05) is 31.2 Å². The number of carbonyl (C=O) groups excluding carboxylic acids is 2. The molecule has 0 heterocycles. The normalized spacial score (nSPS) is 10.1. The maximum atomic E-state index is 11.9. The van der Waals surface area contributed by atoms with Crippen molar-refractivity contribution in [3.8, 4) is 5.75 Å². The van der Waals surface area contributed by atoms with Gasteiger partial charge in [0.1, 0.15) is 5.75 Å². The molecule has 0 aliphatic carbocycles. The van der Waals surface area contributed by atoms with Gasteiger partial charge in [-0.15, -0.1) is 0 Å². The molecule has 2 aromatic carbocycles. The van der Waals surface area contributed by atoms with Crippen molar-refractivity contribution in [2.24, 2.45) is 0 Å². The first kappa shape index (κ1) is 18.0. The van der Waals surface area contributed by atoms with Crippen LogP contribution in [0.25, 0.3) is 0 Å². The largest absolute Gasteiger partial charge is 0.494 e. The number of hydrogen-bond donors (Lipinski definition) is 2. The minimum atomic E-state index is -0.276. The van der Waals surface area contributed by atoms with Gasteiger partial charge >= 0.3 is 0 Å². The van der Waals surface area contributed by atoms with E-state index in [0.29, 0.717) is 12.3 Å². The topological polar surface area (TPSA) is 67.4 Å². The summed E-state index contributed by atoms with van der Waals surface area (Å²) in [5.74, 6) is 0.273. The van der Waals surface area contributed by atoms with E-state index in [0.717, 1.165) is 15.8 Å². The van der Waals surface area contributed by atoms with Crippen molar-refractivity contribution in [1.82, 2.24) is 5.32 Å². The molecule has 0 bridgehead atoms. The maximum Gasteiger partial charge on any atom is 0.243 e. The molecule has 0 aliphatic rings. The van der Waals surface area contributed by atoms with Gasteiger partial charge in [0.05, 0.1) is 19.6 Å². The van der Waals surface area contributed by atoms with Gasteiger partial charge in [0.2, 0.25) is 11.8 Å². The van der Waals surface area contributed by atoms with E-state index in [1.165, 1.54) is 0 Å². The van der Waals surface area contributed by atoms with E-state index in [-0.39, 0.29) is 24.8 Å². The lowest BCUT2D eigenvalue weighted by molar-refractivity contribution is -0.123. The summed E-state index contributed by atoms with van der Waals surface area (Å²) in [6.07, 6.45) is 0.232. The number of benzene rings is 2. The molecule has 126 valence electrons. The van der Waals surface area contributed by atoms with Crippen molar-refractivity contribution >= 4 is 33.4 Å². The summed E-state index contributed by atoms with van der Waals surface area (Å²) in [6, 6.07) is 14.6. The van der Waals surface area contributed by atoms with Gasteiger partial charge in [0.15, 0.2) is 0 Å². The number of carbonyl (C=O) groups is 2. The summed E-state index contributed by atoms with van der Waals surface area (Å²) < 4.78 is 6.25. The molecular weight excluding hydrogens is 372 g/mol. The summed E-state index contributed by atoms with van der Waals surface area (Å²) in [5.41, 5.74) is 1.54. The van der Waals surface area contributed by atoms with Crippen molar-refractivity contribution in [1.29, 1.82) is 0 Å². The highest BCUT2D eigenvalue weighted by Crippen LogP contribution is 2.15. The molecule has 0 unspecified atom stereocenters. The molecule has 2 N–H and O–H groups in total. The highest BCUT2D eigenvalue weighted by Gasteiger charge is 2.07. The van der Waals surface area contributed by atoms with Crippen molar-refractivity contribution in [2.75, 3.05) is 18.5 Å². The summed E-state index contributed by atoms with van der Waals surface area (Å²) in [4.78, 5) is 23.7. The van der Waals surface area contributed by atoms with Crippen LogP contribution in [0.15, 0.2) is 53.0 Å². The van der Waals surface area contributed by atoms with Gasteiger partial charge in [-0.25, -0.2) is 0 Å². The second-order valence-electron chi connectivity index (χ2n) is 5.09. The molecule has 0 fully saturated rings. The molecule has 2 aromatic rings. The van der Waals surface area contributed by atoms with E-state index < -0.39 is 0 Å². The molecular formula is C18H19BrN2O3. The van der Waals surface area contributed by atoms with Crippen LogP contribution in [0.3, 0.4) is 0 Å². The Morgan fingerprint density at radius 2 is 1.83 bits per heavy atom. The number of ether oxygens (including phenoxy) is 1. The molecule has 24 heavy (non-hydrogen) atoms. The van der Waals surface area contributed by atoms with Crippen LogP contribution in [-0.4, -0.2) is 25.0 Å². The minimum absolute atomic E-state index is 0.0694. The third kappa shape index (κ3) is 6.04. The predicted octanol–water partition coefficient (Wildman–Crippen LogP) is 3.15. The average Bonchev–Trinajstić information content (AvgIpc) is 2.55. The SMILES string of the molecule is CCOc1ccc(NC(=O)CNC(=O)Cc2cccc(Br)c2)cc1. The Bertz CT molecular complexity index is 702. The average molecular weight is 391 g/mol. The highest BCUT2D eigenvalue weighted by molar-refractivity contribution is 9.10. The zero-order valence-electron chi connectivity index (χ0n) is 13.3. The lowest BCUT2D eigenvalue weighted by atomic mass is 10.1. The molecule has 2 amide bonds. The maximum absolute atomic E-state index is 11.9. The van der Waals surface area contributed by atoms with Crippen LogP contribution in [0.5, 0.6) is 5.75 Å². The van der Waals surface area contributed by atoms with E-state index in [2.05, 4.69) is 26.6 Å². The second kappa shape index (κ2) is 9.08. The molecule has 0 atom stereocenters. The molecule has 0 saturated heterocycles. The van der Waals surface area contributed by atoms with Crippen molar-refractivity contribution in [3.05, 3.63) is 58.6 Å². The van der Waals surface area contributed by atoms with Crippen molar-refractivity contribution < 1.29 is 14.3 Å². The fourth-order valence-electron chi connectivity index (χ4n) is 2.08. The van der Waals surface area contributed by atoms with E-state index >= 15 is 0 Å². The predicted molar refractivity (Wildman–Crippen MR) is 97.1 cm³/mol. The number of amides is 2. The Morgan fingerprint density at radius 3 is 2.50 bits per heavy atom. The van der Waals surface area contributed by atoms with Crippen LogP contribution in [0.1, 0.15) is 12.5 Å². The number of rotatable bonds is 7. The number of anilines is 1. The quantitative estimate of drug-likeness (QED) is 0.762. The van der Waals surface area contributed by atoms with Gasteiger partial charge in [-0.3, -0.25) is 9.59 Å². The molecule has 0 spiro atoms. The van der Waals surface area contributed by atoms with Crippen LogP contribution in [0, 0.1) is 0 Å². The summed E-state index contributed by atoms with van der Waals surface area (Å²) in [6.45, 7) is 2.43. The van der Waals surface area contributed by atoms with E-state index in [9.17, 15) is 9.59 Å². The molecule has 5 nitrogen and oxygen atoms in total. The highest BCUT2D eigenvalue weighted by atomic mass is 79.9. The number of nitrogens with one attached hydrogen (secondary N) is 2. The first-order chi connectivity index (χ1) is 11.6. The Labute approximate surface area is 149 Å². The fraction of sp³-hybridized carbons (Fsp3) is 0.222. The van der Waals surface area contributed by atoms with Crippen molar-refractivity contribution in [3.63, 3.8) is 0 Å². The van der Waals surface area contributed by atoms with Crippen LogP contribution < -0.4 is 15.4 Å². The van der Waals surface area contributed by atoms with Gasteiger partial charge in [-0.1, -0.05) is 28.1 Å². The fourth-order valence-corrected chi connectivity index (χ4v) is 2.53. The Kier molecular flexibility index (Phi) is 6.81. The lowest BCUT2D eigenvalue weighted by Gasteiger charge is -2.08. The summed E-state index contributed by atoms with van der Waals surface area (Å²) >= 11 is 3.36. The van der Waals surface area contributed by atoms with Crippen molar-refractivity contribution in [2.45, 2.75) is 13.3 Å². The Hall–Kier alpha value is -2.34. The second-order valence-corrected chi connectivity index (χ2v) is 6.00. The number of hydrogen-bond acceptors (Lipinski definition) is 3. The van der Waals surface area contributed by atoms with Crippen LogP contribution >= 0.6 is 15.9 Å². The molecule has 6 heteroatoms. The zero-order chi connectivity index (χ0) is 17.4. The lowest BCUT2D eigenvalue weighted by Crippen LogP contribution is -2.33. The first-order valence-corrected chi connectivity index (χ1v) is 8.40. The Morgan fingerprint density at radius 1 is 1.08 bits per heavy atom. The monoisotopic (exact) mass is 390 g/mol. The minimum Gasteiger partial charge on any atom is -0.494 e. The van der Waals surface area contributed by atoms with E-state index in [4.69, 9.17) is 4.74 Å². The molecule has 2 rings (SSSR count). The standard InChI is InChI=1S/C18H19BrN2O3/c1-2-24-16-8-6-15(7-9-16)21-18(23)12-20-17(22)11-13-4-3-5-14(19)10-13/h3-10H,2,11-12H2,1H3,(H,20,22)(H,21,23). The third-order valence-corrected chi connectivity index (χ3v) is 3.64. The van der Waals surface area contributed by atoms with Gasteiger partial charge in [0, 0.05) is 10.2 Å². The zero-order valence-corrected chi connectivity index (χ0v) is 14.9. The first-order valence-electron chi connectivity index (χ1n) is 7.60. The Balaban J connectivity index is 1.77.